The first-order valence-corrected chi connectivity index (χ1v) is 14.4. The Balaban J connectivity index is 1.46. The van der Waals surface area contributed by atoms with Crippen LogP contribution in [0.2, 0.25) is 0 Å². The predicted molar refractivity (Wildman–Crippen MR) is 175 cm³/mol. The van der Waals surface area contributed by atoms with Crippen LogP contribution in [-0.4, -0.2) is 4.98 Å². The summed E-state index contributed by atoms with van der Waals surface area (Å²) in [5.74, 6) is 0.540. The van der Waals surface area contributed by atoms with Gasteiger partial charge in [-0.15, -0.1) is 0 Å². The molecule has 0 aliphatic heterocycles. The molecule has 0 bridgehead atoms. The smallest absolute Gasteiger partial charge is 0.0781 e. The van der Waals surface area contributed by atoms with E-state index >= 15 is 0 Å². The van der Waals surface area contributed by atoms with Gasteiger partial charge in [-0.3, -0.25) is 4.98 Å². The van der Waals surface area contributed by atoms with E-state index in [9.17, 15) is 0 Å². The van der Waals surface area contributed by atoms with Gasteiger partial charge in [-0.05, 0) is 93.4 Å². The molecule has 0 aliphatic rings. The average Bonchev–Trinajstić information content (AvgIpc) is 3.01. The highest BCUT2D eigenvalue weighted by Crippen LogP contribution is 2.40. The van der Waals surface area contributed by atoms with Crippen LogP contribution < -0.4 is 4.90 Å². The highest BCUT2D eigenvalue weighted by atomic mass is 15.1. The van der Waals surface area contributed by atoms with Crippen molar-refractivity contribution in [3.8, 4) is 11.3 Å². The van der Waals surface area contributed by atoms with Gasteiger partial charge in [0.1, 0.15) is 0 Å². The second-order valence-corrected chi connectivity index (χ2v) is 11.2. The molecule has 0 amide bonds. The van der Waals surface area contributed by atoms with Crippen LogP contribution in [0.15, 0.2) is 140 Å². The van der Waals surface area contributed by atoms with E-state index in [1.807, 2.05) is 6.20 Å². The first kappa shape index (κ1) is 25.0. The zero-order valence-corrected chi connectivity index (χ0v) is 23.5. The number of hydrogen-bond acceptors (Lipinski definition) is 2. The quantitative estimate of drug-likeness (QED) is 0.200. The number of benzene rings is 6. The summed E-state index contributed by atoms with van der Waals surface area (Å²) in [7, 11) is 0. The molecule has 1 aromatic heterocycles. The summed E-state index contributed by atoms with van der Waals surface area (Å²) < 4.78 is 0. The molecule has 0 N–H and O–H groups in total. The molecule has 0 saturated heterocycles. The van der Waals surface area contributed by atoms with Gasteiger partial charge in [-0.25, -0.2) is 0 Å². The van der Waals surface area contributed by atoms with Crippen molar-refractivity contribution in [3.63, 3.8) is 0 Å². The van der Waals surface area contributed by atoms with Gasteiger partial charge >= 0.3 is 0 Å². The molecule has 2 nitrogen and oxygen atoms in total. The molecule has 1 heterocycles. The minimum atomic E-state index is 0.540. The third-order valence-corrected chi connectivity index (χ3v) is 7.85. The van der Waals surface area contributed by atoms with Gasteiger partial charge in [0, 0.05) is 34.2 Å². The van der Waals surface area contributed by atoms with Crippen LogP contribution in [0.5, 0.6) is 0 Å². The fourth-order valence-electron chi connectivity index (χ4n) is 6.11. The average molecular weight is 529 g/mol. The van der Waals surface area contributed by atoms with Crippen molar-refractivity contribution >= 4 is 49.4 Å². The Morgan fingerprint density at radius 3 is 1.88 bits per heavy atom. The lowest BCUT2D eigenvalue weighted by Gasteiger charge is -2.27. The molecule has 7 rings (SSSR count). The summed E-state index contributed by atoms with van der Waals surface area (Å²) >= 11 is 0. The molecule has 0 atom stereocenters. The summed E-state index contributed by atoms with van der Waals surface area (Å²) in [6.45, 7) is 4.57. The lowest BCUT2D eigenvalue weighted by Crippen LogP contribution is -2.10. The maximum Gasteiger partial charge on any atom is 0.0781 e. The second-order valence-electron chi connectivity index (χ2n) is 11.2. The van der Waals surface area contributed by atoms with E-state index in [2.05, 4.69) is 152 Å². The molecule has 7 aromatic rings. The number of hydrogen-bond donors (Lipinski definition) is 0. The third kappa shape index (κ3) is 4.72. The van der Waals surface area contributed by atoms with E-state index in [0.717, 1.165) is 34.7 Å². The number of nitrogens with zero attached hydrogens (tertiary/aromatic N) is 2. The molecule has 2 heteroatoms. The molecule has 0 unspecified atom stereocenters. The summed E-state index contributed by atoms with van der Waals surface area (Å²) in [5.41, 5.74) is 6.88. The Kier molecular flexibility index (Phi) is 6.45. The molecule has 198 valence electrons. The van der Waals surface area contributed by atoms with Crippen molar-refractivity contribution in [2.45, 2.75) is 20.3 Å². The maximum atomic E-state index is 4.99. The third-order valence-electron chi connectivity index (χ3n) is 7.85. The van der Waals surface area contributed by atoms with E-state index in [1.54, 1.807) is 0 Å². The molecule has 41 heavy (non-hydrogen) atoms. The first-order chi connectivity index (χ1) is 20.2. The lowest BCUT2D eigenvalue weighted by atomic mass is 9.93. The van der Waals surface area contributed by atoms with E-state index in [0.29, 0.717) is 5.92 Å². The van der Waals surface area contributed by atoms with E-state index in [1.165, 1.54) is 37.9 Å². The van der Waals surface area contributed by atoms with Crippen molar-refractivity contribution in [1.82, 2.24) is 4.98 Å². The molecule has 0 radical (unpaired) electrons. The van der Waals surface area contributed by atoms with Gasteiger partial charge in [0.05, 0.1) is 5.69 Å². The molecular weight excluding hydrogens is 496 g/mol. The highest BCUT2D eigenvalue weighted by Gasteiger charge is 2.17. The Morgan fingerprint density at radius 2 is 1.15 bits per heavy atom. The number of para-hydroxylation sites is 2. The summed E-state index contributed by atoms with van der Waals surface area (Å²) in [5, 5.41) is 7.50. The fourth-order valence-corrected chi connectivity index (χ4v) is 6.11. The van der Waals surface area contributed by atoms with Crippen molar-refractivity contribution in [2.75, 3.05) is 4.90 Å². The summed E-state index contributed by atoms with van der Waals surface area (Å²) in [6, 6.07) is 48.0. The van der Waals surface area contributed by atoms with E-state index in [4.69, 9.17) is 4.98 Å². The number of anilines is 3. The molecule has 0 spiro atoms. The monoisotopic (exact) mass is 528 g/mol. The van der Waals surface area contributed by atoms with Gasteiger partial charge in [0.15, 0.2) is 0 Å². The van der Waals surface area contributed by atoms with E-state index in [-0.39, 0.29) is 0 Å². The summed E-state index contributed by atoms with van der Waals surface area (Å²) in [6.07, 6.45) is 2.96. The van der Waals surface area contributed by atoms with Gasteiger partial charge in [-0.2, -0.15) is 0 Å². The Labute approximate surface area is 241 Å². The Morgan fingerprint density at radius 1 is 0.537 bits per heavy atom. The largest absolute Gasteiger partial charge is 0.310 e. The van der Waals surface area contributed by atoms with Crippen LogP contribution >= 0.6 is 0 Å². The van der Waals surface area contributed by atoms with Gasteiger partial charge < -0.3 is 4.90 Å². The van der Waals surface area contributed by atoms with Crippen molar-refractivity contribution in [3.05, 3.63) is 145 Å². The zero-order chi connectivity index (χ0) is 27.8. The molecule has 0 saturated carbocycles. The lowest BCUT2D eigenvalue weighted by molar-refractivity contribution is 0.647. The molecule has 0 fully saturated rings. The molecule has 0 aliphatic carbocycles. The van der Waals surface area contributed by atoms with Gasteiger partial charge in [-0.1, -0.05) is 98.8 Å². The number of fused-ring (bicyclic) bond motifs is 5. The van der Waals surface area contributed by atoms with Crippen LogP contribution in [0.3, 0.4) is 0 Å². The Bertz CT molecular complexity index is 1950. The van der Waals surface area contributed by atoms with Crippen LogP contribution in [0.4, 0.5) is 17.1 Å². The highest BCUT2D eigenvalue weighted by molar-refractivity contribution is 6.18. The van der Waals surface area contributed by atoms with Crippen molar-refractivity contribution in [2.24, 2.45) is 5.92 Å². The van der Waals surface area contributed by atoms with Gasteiger partial charge in [0.25, 0.3) is 0 Å². The van der Waals surface area contributed by atoms with Crippen molar-refractivity contribution in [1.29, 1.82) is 0 Å². The standard InChI is InChI=1S/C39H32N2/c1-27(2)23-28-24-30(26-33(25-28)41(31-12-5-3-6-13-31)32-14-7-4-8-15-32)39-38-20-19-35-34-16-10-9-11-29(34)17-18-36(35)37(38)21-22-40-39/h3-22,24-27H,23H2,1-2H3. The number of pyridine rings is 1. The van der Waals surface area contributed by atoms with Crippen LogP contribution in [0.25, 0.3) is 43.6 Å². The summed E-state index contributed by atoms with van der Waals surface area (Å²) in [4.78, 5) is 7.34. The second kappa shape index (κ2) is 10.6. The van der Waals surface area contributed by atoms with Crippen LogP contribution in [0.1, 0.15) is 19.4 Å². The maximum absolute atomic E-state index is 4.99. The van der Waals surface area contributed by atoms with E-state index < -0.39 is 0 Å². The normalized spacial score (nSPS) is 11.5. The van der Waals surface area contributed by atoms with Crippen molar-refractivity contribution < 1.29 is 0 Å². The SMILES string of the molecule is CC(C)Cc1cc(-c2nccc3c2ccc2c4ccccc4ccc32)cc(N(c2ccccc2)c2ccccc2)c1. The topological polar surface area (TPSA) is 16.1 Å². The van der Waals surface area contributed by atoms with Crippen LogP contribution in [-0.2, 0) is 6.42 Å². The first-order valence-electron chi connectivity index (χ1n) is 14.4. The predicted octanol–water partition coefficient (Wildman–Crippen LogP) is 10.9. The van der Waals surface area contributed by atoms with Gasteiger partial charge in [0.2, 0.25) is 0 Å². The number of aromatic nitrogens is 1. The zero-order valence-electron chi connectivity index (χ0n) is 23.5. The minimum absolute atomic E-state index is 0.540. The molecule has 6 aromatic carbocycles. The number of rotatable bonds is 6. The molecular formula is C39H32N2. The Hall–Kier alpha value is -4.95. The fraction of sp³-hybridized carbons (Fsp3) is 0.103. The van der Waals surface area contributed by atoms with Crippen LogP contribution in [0, 0.1) is 5.92 Å². The minimum Gasteiger partial charge on any atom is -0.310 e.